The van der Waals surface area contributed by atoms with Crippen molar-refractivity contribution in [3.05, 3.63) is 48.2 Å². The molecule has 0 radical (unpaired) electrons. The molecule has 2 rings (SSSR count). The summed E-state index contributed by atoms with van der Waals surface area (Å²) in [6.45, 7) is 7.79. The molecule has 0 aliphatic carbocycles. The zero-order valence-corrected chi connectivity index (χ0v) is 16.5. The number of hydrogen-bond donors (Lipinski definition) is 1. The molecule has 0 atom stereocenters. The van der Waals surface area contributed by atoms with Crippen LogP contribution in [0.2, 0.25) is 0 Å². The van der Waals surface area contributed by atoms with Gasteiger partial charge in [0.05, 0.1) is 0 Å². The molecule has 0 unspecified atom stereocenters. The van der Waals surface area contributed by atoms with Crippen molar-refractivity contribution in [1.29, 1.82) is 0 Å². The monoisotopic (exact) mass is 378 g/mol. The SMILES string of the molecule is CCCCN(C(=O)c1ccc(S(=O)(=O)NC(C)(C)C)o1)c1ccccc1. The van der Waals surface area contributed by atoms with Crippen LogP contribution in [0.4, 0.5) is 5.69 Å². The molecular weight excluding hydrogens is 352 g/mol. The Morgan fingerprint density at radius 1 is 1.12 bits per heavy atom. The third-order valence-corrected chi connectivity index (χ3v) is 5.18. The molecule has 1 aromatic carbocycles. The molecule has 0 aliphatic heterocycles. The fourth-order valence-electron chi connectivity index (χ4n) is 2.44. The number of anilines is 1. The zero-order valence-electron chi connectivity index (χ0n) is 15.7. The summed E-state index contributed by atoms with van der Waals surface area (Å²) in [5.41, 5.74) is 0.104. The highest BCUT2D eigenvalue weighted by Gasteiger charge is 2.27. The molecule has 0 fully saturated rings. The summed E-state index contributed by atoms with van der Waals surface area (Å²) >= 11 is 0. The lowest BCUT2D eigenvalue weighted by Gasteiger charge is -2.21. The Morgan fingerprint density at radius 3 is 2.35 bits per heavy atom. The number of carbonyl (C=O) groups is 1. The summed E-state index contributed by atoms with van der Waals surface area (Å²) in [5.74, 6) is -0.360. The lowest BCUT2D eigenvalue weighted by atomic mass is 10.1. The van der Waals surface area contributed by atoms with Crippen molar-refractivity contribution >= 4 is 21.6 Å². The number of nitrogens with zero attached hydrogens (tertiary/aromatic N) is 1. The number of unbranched alkanes of at least 4 members (excludes halogenated alkanes) is 1. The van der Waals surface area contributed by atoms with Crippen LogP contribution in [-0.4, -0.2) is 26.4 Å². The lowest BCUT2D eigenvalue weighted by molar-refractivity contribution is 0.0954. The minimum Gasteiger partial charge on any atom is -0.438 e. The van der Waals surface area contributed by atoms with Gasteiger partial charge in [0, 0.05) is 17.8 Å². The molecule has 142 valence electrons. The van der Waals surface area contributed by atoms with Gasteiger partial charge in [-0.05, 0) is 51.5 Å². The third kappa shape index (κ3) is 5.19. The van der Waals surface area contributed by atoms with E-state index in [9.17, 15) is 13.2 Å². The highest BCUT2D eigenvalue weighted by Crippen LogP contribution is 2.21. The molecule has 1 amide bonds. The van der Waals surface area contributed by atoms with E-state index in [-0.39, 0.29) is 16.8 Å². The molecule has 1 aromatic heterocycles. The number of benzene rings is 1. The van der Waals surface area contributed by atoms with Crippen molar-refractivity contribution in [3.63, 3.8) is 0 Å². The maximum absolute atomic E-state index is 12.9. The summed E-state index contributed by atoms with van der Waals surface area (Å²) in [5, 5.41) is -0.265. The smallest absolute Gasteiger partial charge is 0.294 e. The van der Waals surface area contributed by atoms with Crippen molar-refractivity contribution in [2.75, 3.05) is 11.4 Å². The quantitative estimate of drug-likeness (QED) is 0.795. The van der Waals surface area contributed by atoms with Gasteiger partial charge in [0.15, 0.2) is 5.76 Å². The van der Waals surface area contributed by atoms with Crippen LogP contribution in [0.3, 0.4) is 0 Å². The molecule has 2 aromatic rings. The highest BCUT2D eigenvalue weighted by molar-refractivity contribution is 7.89. The van der Waals surface area contributed by atoms with E-state index in [0.29, 0.717) is 6.54 Å². The summed E-state index contributed by atoms with van der Waals surface area (Å²) < 4.78 is 32.6. The maximum atomic E-state index is 12.9. The van der Waals surface area contributed by atoms with Gasteiger partial charge < -0.3 is 9.32 Å². The summed E-state index contributed by atoms with van der Waals surface area (Å²) in [4.78, 5) is 14.5. The van der Waals surface area contributed by atoms with Crippen LogP contribution in [0.5, 0.6) is 0 Å². The van der Waals surface area contributed by atoms with Crippen molar-refractivity contribution in [2.45, 2.75) is 51.2 Å². The normalized spacial score (nSPS) is 12.2. The number of furan rings is 1. The molecule has 1 heterocycles. The molecule has 0 aliphatic rings. The summed E-state index contributed by atoms with van der Waals surface area (Å²) in [7, 11) is -3.83. The van der Waals surface area contributed by atoms with E-state index in [0.717, 1.165) is 18.5 Å². The topological polar surface area (TPSA) is 79.6 Å². The zero-order chi connectivity index (χ0) is 19.4. The predicted octanol–water partition coefficient (Wildman–Crippen LogP) is 3.80. The van der Waals surface area contributed by atoms with Crippen LogP contribution in [0.15, 0.2) is 52.0 Å². The van der Waals surface area contributed by atoms with Gasteiger partial charge in [-0.25, -0.2) is 13.1 Å². The van der Waals surface area contributed by atoms with Crippen LogP contribution < -0.4 is 9.62 Å². The third-order valence-electron chi connectivity index (χ3n) is 3.55. The van der Waals surface area contributed by atoms with Crippen LogP contribution in [0.25, 0.3) is 0 Å². The minimum absolute atomic E-state index is 0.000703. The van der Waals surface area contributed by atoms with Gasteiger partial charge in [0.1, 0.15) is 0 Å². The number of amides is 1. The number of carbonyl (C=O) groups excluding carboxylic acids is 1. The Morgan fingerprint density at radius 2 is 1.77 bits per heavy atom. The largest absolute Gasteiger partial charge is 0.438 e. The van der Waals surface area contributed by atoms with Gasteiger partial charge >= 0.3 is 0 Å². The molecule has 0 spiro atoms. The first kappa shape index (κ1) is 20.2. The molecule has 0 saturated carbocycles. The first-order valence-electron chi connectivity index (χ1n) is 8.65. The average molecular weight is 378 g/mol. The van der Waals surface area contributed by atoms with Gasteiger partial charge in [-0.3, -0.25) is 4.79 Å². The standard InChI is InChI=1S/C19H26N2O4S/c1-5-6-14-21(15-10-8-7-9-11-15)18(22)16-12-13-17(25-16)26(23,24)20-19(2,3)4/h7-13,20H,5-6,14H2,1-4H3. The molecule has 1 N–H and O–H groups in total. The predicted molar refractivity (Wildman–Crippen MR) is 102 cm³/mol. The maximum Gasteiger partial charge on any atom is 0.294 e. The first-order valence-corrected chi connectivity index (χ1v) is 10.1. The summed E-state index contributed by atoms with van der Waals surface area (Å²) in [6.07, 6.45) is 1.77. The van der Waals surface area contributed by atoms with Crippen LogP contribution in [-0.2, 0) is 10.0 Å². The Hall–Kier alpha value is -2.12. The van der Waals surface area contributed by atoms with Gasteiger partial charge in [-0.1, -0.05) is 31.5 Å². The lowest BCUT2D eigenvalue weighted by Crippen LogP contribution is -2.40. The highest BCUT2D eigenvalue weighted by atomic mass is 32.2. The first-order chi connectivity index (χ1) is 12.1. The van der Waals surface area contributed by atoms with Crippen molar-refractivity contribution < 1.29 is 17.6 Å². The summed E-state index contributed by atoms with van der Waals surface area (Å²) in [6, 6.07) is 12.0. The fraction of sp³-hybridized carbons (Fsp3) is 0.421. The number of sulfonamides is 1. The second kappa shape index (κ2) is 8.05. The molecule has 7 heteroatoms. The van der Waals surface area contributed by atoms with Crippen LogP contribution in [0, 0.1) is 0 Å². The Kier molecular flexibility index (Phi) is 6.26. The Balaban J connectivity index is 2.29. The molecule has 6 nitrogen and oxygen atoms in total. The van der Waals surface area contributed by atoms with E-state index in [1.54, 1.807) is 25.7 Å². The van der Waals surface area contributed by atoms with E-state index >= 15 is 0 Å². The van der Waals surface area contributed by atoms with E-state index in [4.69, 9.17) is 4.42 Å². The molecule has 0 saturated heterocycles. The van der Waals surface area contributed by atoms with Crippen molar-refractivity contribution in [2.24, 2.45) is 0 Å². The Bertz CT molecular complexity index is 836. The van der Waals surface area contributed by atoms with Crippen LogP contribution >= 0.6 is 0 Å². The van der Waals surface area contributed by atoms with Gasteiger partial charge in [0.2, 0.25) is 5.09 Å². The van der Waals surface area contributed by atoms with E-state index in [2.05, 4.69) is 4.72 Å². The number of hydrogen-bond acceptors (Lipinski definition) is 4. The van der Waals surface area contributed by atoms with E-state index < -0.39 is 15.6 Å². The van der Waals surface area contributed by atoms with E-state index in [1.165, 1.54) is 12.1 Å². The number of rotatable bonds is 7. The molecule has 26 heavy (non-hydrogen) atoms. The second-order valence-corrected chi connectivity index (χ2v) is 8.73. The average Bonchev–Trinajstić information content (AvgIpc) is 3.05. The number of nitrogens with one attached hydrogen (secondary N) is 1. The second-order valence-electron chi connectivity index (χ2n) is 7.12. The van der Waals surface area contributed by atoms with Crippen molar-refractivity contribution in [3.8, 4) is 0 Å². The van der Waals surface area contributed by atoms with Gasteiger partial charge in [0.25, 0.3) is 15.9 Å². The van der Waals surface area contributed by atoms with E-state index in [1.807, 2.05) is 37.3 Å². The van der Waals surface area contributed by atoms with Crippen molar-refractivity contribution in [1.82, 2.24) is 4.72 Å². The van der Waals surface area contributed by atoms with Gasteiger partial charge in [-0.2, -0.15) is 0 Å². The van der Waals surface area contributed by atoms with Gasteiger partial charge in [-0.15, -0.1) is 0 Å². The minimum atomic E-state index is -3.83. The molecular formula is C19H26N2O4S. The van der Waals surface area contributed by atoms with Crippen LogP contribution in [0.1, 0.15) is 51.1 Å². The molecule has 0 bridgehead atoms. The Labute approximate surface area is 155 Å². The fourth-order valence-corrected chi connectivity index (χ4v) is 3.79. The number of para-hydroxylation sites is 1.